The molecule has 17 heavy (non-hydrogen) atoms. The summed E-state index contributed by atoms with van der Waals surface area (Å²) in [7, 11) is 2.32. The first-order valence-electron chi connectivity index (χ1n) is 7.64. The second-order valence-corrected chi connectivity index (χ2v) is 6.43. The summed E-state index contributed by atoms with van der Waals surface area (Å²) in [5.74, 6) is 1.81. The van der Waals surface area contributed by atoms with Gasteiger partial charge >= 0.3 is 0 Å². The summed E-state index contributed by atoms with van der Waals surface area (Å²) in [6.45, 7) is 3.25. The number of hydrogen-bond acceptors (Lipinski definition) is 2. The molecule has 2 fully saturated rings. The first-order chi connectivity index (χ1) is 8.22. The van der Waals surface area contributed by atoms with Crippen molar-refractivity contribution in [1.82, 2.24) is 4.90 Å². The quantitative estimate of drug-likeness (QED) is 0.816. The van der Waals surface area contributed by atoms with E-state index in [1.54, 1.807) is 0 Å². The molecule has 2 aliphatic rings. The third-order valence-corrected chi connectivity index (χ3v) is 5.27. The lowest BCUT2D eigenvalue weighted by Gasteiger charge is -2.40. The number of rotatable bonds is 4. The van der Waals surface area contributed by atoms with Gasteiger partial charge in [-0.15, -0.1) is 0 Å². The molecule has 2 saturated carbocycles. The summed E-state index contributed by atoms with van der Waals surface area (Å²) >= 11 is 0. The fraction of sp³-hybridized carbons (Fsp3) is 1.00. The van der Waals surface area contributed by atoms with E-state index in [1.165, 1.54) is 51.4 Å². The van der Waals surface area contributed by atoms with Crippen LogP contribution in [0.2, 0.25) is 0 Å². The molecule has 100 valence electrons. The van der Waals surface area contributed by atoms with Crippen LogP contribution in [0, 0.1) is 11.8 Å². The Labute approximate surface area is 107 Å². The van der Waals surface area contributed by atoms with Crippen LogP contribution < -0.4 is 5.73 Å². The van der Waals surface area contributed by atoms with E-state index in [2.05, 4.69) is 18.9 Å². The highest BCUT2D eigenvalue weighted by molar-refractivity contribution is 4.87. The van der Waals surface area contributed by atoms with Gasteiger partial charge in [0.05, 0.1) is 0 Å². The molecule has 2 aliphatic carbocycles. The Morgan fingerprint density at radius 3 is 2.18 bits per heavy atom. The van der Waals surface area contributed by atoms with Crippen LogP contribution in [0.3, 0.4) is 0 Å². The highest BCUT2D eigenvalue weighted by Crippen LogP contribution is 2.34. The Kier molecular flexibility index (Phi) is 4.87. The van der Waals surface area contributed by atoms with E-state index in [-0.39, 0.29) is 0 Å². The average molecular weight is 238 g/mol. The third-order valence-electron chi connectivity index (χ3n) is 5.27. The van der Waals surface area contributed by atoms with Gasteiger partial charge < -0.3 is 5.73 Å². The zero-order chi connectivity index (χ0) is 12.3. The van der Waals surface area contributed by atoms with Crippen molar-refractivity contribution in [2.75, 3.05) is 13.6 Å². The van der Waals surface area contributed by atoms with Gasteiger partial charge in [-0.25, -0.2) is 0 Å². The summed E-state index contributed by atoms with van der Waals surface area (Å²) in [6.07, 6.45) is 11.3. The molecule has 0 bridgehead atoms. The SMILES string of the molecule is CC1CCC(C(CN)N(C)C2CCCC2)CC1. The van der Waals surface area contributed by atoms with E-state index in [9.17, 15) is 0 Å². The van der Waals surface area contributed by atoms with E-state index in [0.29, 0.717) is 6.04 Å². The van der Waals surface area contributed by atoms with E-state index in [0.717, 1.165) is 24.4 Å². The molecule has 0 aromatic carbocycles. The van der Waals surface area contributed by atoms with Gasteiger partial charge in [0.15, 0.2) is 0 Å². The Bertz CT molecular complexity index is 215. The first-order valence-corrected chi connectivity index (χ1v) is 7.64. The number of hydrogen-bond donors (Lipinski definition) is 1. The van der Waals surface area contributed by atoms with Crippen molar-refractivity contribution in [2.24, 2.45) is 17.6 Å². The van der Waals surface area contributed by atoms with Crippen LogP contribution in [0.4, 0.5) is 0 Å². The molecule has 0 radical (unpaired) electrons. The monoisotopic (exact) mass is 238 g/mol. The molecule has 2 heteroatoms. The maximum atomic E-state index is 6.07. The van der Waals surface area contributed by atoms with Crippen LogP contribution in [0.1, 0.15) is 58.3 Å². The number of nitrogens with two attached hydrogens (primary N) is 1. The summed E-state index contributed by atoms with van der Waals surface area (Å²) in [4.78, 5) is 2.63. The summed E-state index contributed by atoms with van der Waals surface area (Å²) in [6, 6.07) is 1.47. The van der Waals surface area contributed by atoms with E-state index in [4.69, 9.17) is 5.73 Å². The van der Waals surface area contributed by atoms with Crippen molar-refractivity contribution in [2.45, 2.75) is 70.4 Å². The number of nitrogens with zero attached hydrogens (tertiary/aromatic N) is 1. The van der Waals surface area contributed by atoms with Crippen LogP contribution in [0.5, 0.6) is 0 Å². The van der Waals surface area contributed by atoms with Crippen molar-refractivity contribution in [3.05, 3.63) is 0 Å². The molecule has 0 aliphatic heterocycles. The molecular weight excluding hydrogens is 208 g/mol. The molecule has 0 saturated heterocycles. The highest BCUT2D eigenvalue weighted by atomic mass is 15.2. The fourth-order valence-electron chi connectivity index (χ4n) is 3.94. The smallest absolute Gasteiger partial charge is 0.0246 e. The molecule has 0 aromatic heterocycles. The minimum atomic E-state index is 0.644. The summed E-state index contributed by atoms with van der Waals surface area (Å²) in [5, 5.41) is 0. The fourth-order valence-corrected chi connectivity index (χ4v) is 3.94. The lowest BCUT2D eigenvalue weighted by atomic mass is 9.78. The Morgan fingerprint density at radius 1 is 1.06 bits per heavy atom. The normalized spacial score (nSPS) is 33.2. The molecule has 2 N–H and O–H groups in total. The van der Waals surface area contributed by atoms with Crippen molar-refractivity contribution >= 4 is 0 Å². The second-order valence-electron chi connectivity index (χ2n) is 6.43. The summed E-state index contributed by atoms with van der Waals surface area (Å²) in [5.41, 5.74) is 6.07. The third kappa shape index (κ3) is 3.23. The van der Waals surface area contributed by atoms with E-state index in [1.807, 2.05) is 0 Å². The molecular formula is C15H30N2. The summed E-state index contributed by atoms with van der Waals surface area (Å²) < 4.78 is 0. The second kappa shape index (κ2) is 6.19. The van der Waals surface area contributed by atoms with Gasteiger partial charge in [-0.1, -0.05) is 32.6 Å². The Morgan fingerprint density at radius 2 is 1.65 bits per heavy atom. The van der Waals surface area contributed by atoms with Gasteiger partial charge in [0.25, 0.3) is 0 Å². The minimum Gasteiger partial charge on any atom is -0.329 e. The van der Waals surface area contributed by atoms with Crippen LogP contribution in [-0.2, 0) is 0 Å². The zero-order valence-electron chi connectivity index (χ0n) is 11.7. The topological polar surface area (TPSA) is 29.3 Å². The van der Waals surface area contributed by atoms with E-state index < -0.39 is 0 Å². The van der Waals surface area contributed by atoms with Crippen molar-refractivity contribution in [1.29, 1.82) is 0 Å². The first kappa shape index (κ1) is 13.4. The lowest BCUT2D eigenvalue weighted by Crippen LogP contribution is -2.48. The number of likely N-dealkylation sites (N-methyl/N-ethyl adjacent to an activating group) is 1. The molecule has 1 unspecified atom stereocenters. The van der Waals surface area contributed by atoms with Gasteiger partial charge in [0.1, 0.15) is 0 Å². The van der Waals surface area contributed by atoms with Gasteiger partial charge in [-0.2, -0.15) is 0 Å². The van der Waals surface area contributed by atoms with Crippen LogP contribution in [0.15, 0.2) is 0 Å². The molecule has 0 spiro atoms. The predicted octanol–water partition coefficient (Wildman–Crippen LogP) is 3.01. The molecule has 1 atom stereocenters. The predicted molar refractivity (Wildman–Crippen MR) is 74.0 cm³/mol. The van der Waals surface area contributed by atoms with Crippen molar-refractivity contribution < 1.29 is 0 Å². The van der Waals surface area contributed by atoms with Crippen LogP contribution in [0.25, 0.3) is 0 Å². The zero-order valence-corrected chi connectivity index (χ0v) is 11.7. The Balaban J connectivity index is 1.90. The maximum absolute atomic E-state index is 6.07. The van der Waals surface area contributed by atoms with Gasteiger partial charge in [-0.3, -0.25) is 4.90 Å². The minimum absolute atomic E-state index is 0.644. The van der Waals surface area contributed by atoms with Crippen molar-refractivity contribution in [3.8, 4) is 0 Å². The molecule has 0 aromatic rings. The largest absolute Gasteiger partial charge is 0.329 e. The maximum Gasteiger partial charge on any atom is 0.0246 e. The Hall–Kier alpha value is -0.0800. The van der Waals surface area contributed by atoms with Gasteiger partial charge in [0.2, 0.25) is 0 Å². The average Bonchev–Trinajstić information content (AvgIpc) is 2.86. The lowest BCUT2D eigenvalue weighted by molar-refractivity contribution is 0.0996. The van der Waals surface area contributed by atoms with Crippen LogP contribution >= 0.6 is 0 Å². The molecule has 0 amide bonds. The molecule has 2 rings (SSSR count). The van der Waals surface area contributed by atoms with Gasteiger partial charge in [0, 0.05) is 18.6 Å². The molecule has 2 nitrogen and oxygen atoms in total. The standard InChI is InChI=1S/C15H30N2/c1-12-7-9-13(10-8-12)15(11-16)17(2)14-5-3-4-6-14/h12-15H,3-11,16H2,1-2H3. The van der Waals surface area contributed by atoms with E-state index >= 15 is 0 Å². The molecule has 0 heterocycles. The highest BCUT2D eigenvalue weighted by Gasteiger charge is 2.31. The van der Waals surface area contributed by atoms with Crippen molar-refractivity contribution in [3.63, 3.8) is 0 Å². The van der Waals surface area contributed by atoms with Gasteiger partial charge in [-0.05, 0) is 44.6 Å². The van der Waals surface area contributed by atoms with Crippen LogP contribution in [-0.4, -0.2) is 30.6 Å².